The number of anilines is 2. The third-order valence-corrected chi connectivity index (χ3v) is 4.79. The Bertz CT molecular complexity index is 1130. The molecule has 8 heteroatoms. The lowest BCUT2D eigenvalue weighted by atomic mass is 10.0. The Morgan fingerprint density at radius 3 is 2.27 bits per heavy atom. The second kappa shape index (κ2) is 10.2. The van der Waals surface area contributed by atoms with Gasteiger partial charge in [0, 0.05) is 16.9 Å². The van der Waals surface area contributed by atoms with E-state index in [1.165, 1.54) is 36.4 Å². The molecular weight excluding hydrogens is 433 g/mol. The van der Waals surface area contributed by atoms with Gasteiger partial charge in [-0.1, -0.05) is 38.1 Å². The van der Waals surface area contributed by atoms with E-state index in [0.717, 1.165) is 23.4 Å². The number of carbonyl (C=O) groups is 2. The number of ether oxygens (including phenoxy) is 1. The Morgan fingerprint density at radius 2 is 1.61 bits per heavy atom. The second-order valence-corrected chi connectivity index (χ2v) is 7.64. The van der Waals surface area contributed by atoms with Crippen LogP contribution >= 0.6 is 0 Å². The van der Waals surface area contributed by atoms with Gasteiger partial charge < -0.3 is 15.4 Å². The molecule has 3 aromatic carbocycles. The molecule has 33 heavy (non-hydrogen) atoms. The molecule has 0 heterocycles. The maximum Gasteiger partial charge on any atom is 0.416 e. The third-order valence-electron chi connectivity index (χ3n) is 4.79. The van der Waals surface area contributed by atoms with E-state index in [-0.39, 0.29) is 29.7 Å². The molecule has 0 radical (unpaired) electrons. The molecule has 0 aliphatic rings. The highest BCUT2D eigenvalue weighted by molar-refractivity contribution is 6.04. The van der Waals surface area contributed by atoms with Crippen LogP contribution in [0.1, 0.15) is 41.3 Å². The first kappa shape index (κ1) is 23.8. The molecule has 0 fully saturated rings. The minimum atomic E-state index is -4.50. The summed E-state index contributed by atoms with van der Waals surface area (Å²) in [6.45, 7) is 3.85. The number of para-hydroxylation sites is 1. The fourth-order valence-corrected chi connectivity index (χ4v) is 3.13. The Labute approximate surface area is 189 Å². The fourth-order valence-electron chi connectivity index (χ4n) is 3.13. The molecule has 0 saturated carbocycles. The van der Waals surface area contributed by atoms with Crippen molar-refractivity contribution in [2.45, 2.75) is 25.9 Å². The first-order valence-electron chi connectivity index (χ1n) is 10.2. The maximum atomic E-state index is 12.8. The summed E-state index contributed by atoms with van der Waals surface area (Å²) < 4.78 is 44.0. The van der Waals surface area contributed by atoms with E-state index in [9.17, 15) is 22.8 Å². The number of hydrogen-bond donors (Lipinski definition) is 2. The van der Waals surface area contributed by atoms with Crippen LogP contribution < -0.4 is 15.4 Å². The van der Waals surface area contributed by atoms with Crippen LogP contribution in [0.25, 0.3) is 0 Å². The minimum Gasteiger partial charge on any atom is -0.484 e. The molecule has 5 nitrogen and oxygen atoms in total. The Kier molecular flexibility index (Phi) is 7.37. The van der Waals surface area contributed by atoms with Gasteiger partial charge in [0.05, 0.1) is 5.56 Å². The molecule has 0 spiro atoms. The van der Waals surface area contributed by atoms with Crippen molar-refractivity contribution in [2.75, 3.05) is 17.2 Å². The predicted octanol–water partition coefficient (Wildman–Crippen LogP) is 6.10. The maximum absolute atomic E-state index is 12.8. The van der Waals surface area contributed by atoms with Crippen LogP contribution in [0.2, 0.25) is 0 Å². The molecule has 2 N–H and O–H groups in total. The summed E-state index contributed by atoms with van der Waals surface area (Å²) in [5.41, 5.74) is 1.16. The number of carbonyl (C=O) groups excluding carboxylic acids is 2. The van der Waals surface area contributed by atoms with Gasteiger partial charge in [-0.05, 0) is 60.0 Å². The number of amides is 2. The third kappa shape index (κ3) is 6.58. The van der Waals surface area contributed by atoms with Gasteiger partial charge in [-0.2, -0.15) is 13.2 Å². The first-order chi connectivity index (χ1) is 15.6. The van der Waals surface area contributed by atoms with Gasteiger partial charge in [0.15, 0.2) is 6.61 Å². The Hall–Kier alpha value is -3.81. The molecule has 0 bridgehead atoms. The van der Waals surface area contributed by atoms with Crippen LogP contribution in [0, 0.1) is 0 Å². The van der Waals surface area contributed by atoms with Crippen molar-refractivity contribution in [3.63, 3.8) is 0 Å². The molecule has 3 aromatic rings. The van der Waals surface area contributed by atoms with E-state index in [1.807, 2.05) is 38.1 Å². The first-order valence-corrected chi connectivity index (χ1v) is 10.2. The number of rotatable bonds is 7. The highest BCUT2D eigenvalue weighted by Crippen LogP contribution is 2.30. The summed E-state index contributed by atoms with van der Waals surface area (Å²) in [5, 5.41) is 5.26. The number of benzene rings is 3. The monoisotopic (exact) mass is 456 g/mol. The summed E-state index contributed by atoms with van der Waals surface area (Å²) in [6.07, 6.45) is -4.50. The fraction of sp³-hybridized carbons (Fsp3) is 0.200. The number of halogens is 3. The van der Waals surface area contributed by atoms with Crippen molar-refractivity contribution < 1.29 is 27.5 Å². The number of alkyl halides is 3. The van der Waals surface area contributed by atoms with Crippen LogP contribution in [-0.2, 0) is 11.0 Å². The van der Waals surface area contributed by atoms with Crippen molar-refractivity contribution >= 4 is 23.2 Å². The zero-order valence-electron chi connectivity index (χ0n) is 18.1. The lowest BCUT2D eigenvalue weighted by Gasteiger charge is -2.14. The van der Waals surface area contributed by atoms with E-state index in [0.29, 0.717) is 5.75 Å². The summed E-state index contributed by atoms with van der Waals surface area (Å²) >= 11 is 0. The van der Waals surface area contributed by atoms with Crippen molar-refractivity contribution in [3.8, 4) is 5.75 Å². The zero-order valence-corrected chi connectivity index (χ0v) is 18.1. The molecule has 0 aliphatic carbocycles. The van der Waals surface area contributed by atoms with E-state index >= 15 is 0 Å². The summed E-state index contributed by atoms with van der Waals surface area (Å²) in [7, 11) is 0. The SMILES string of the molecule is CC(C)c1ccccc1NC(=O)COc1ccc(C(=O)Nc2cccc(C(F)(F)F)c2)cc1. The molecule has 3 rings (SSSR count). The summed E-state index contributed by atoms with van der Waals surface area (Å²) in [5.74, 6) is -0.270. The van der Waals surface area contributed by atoms with Gasteiger partial charge in [-0.15, -0.1) is 0 Å². The van der Waals surface area contributed by atoms with Crippen LogP contribution in [0.15, 0.2) is 72.8 Å². The van der Waals surface area contributed by atoms with Crippen molar-refractivity contribution in [1.29, 1.82) is 0 Å². The number of nitrogens with one attached hydrogen (secondary N) is 2. The second-order valence-electron chi connectivity index (χ2n) is 7.64. The highest BCUT2D eigenvalue weighted by atomic mass is 19.4. The van der Waals surface area contributed by atoms with Gasteiger partial charge in [-0.25, -0.2) is 0 Å². The minimum absolute atomic E-state index is 0.0356. The predicted molar refractivity (Wildman–Crippen MR) is 120 cm³/mol. The molecule has 172 valence electrons. The average Bonchev–Trinajstić information content (AvgIpc) is 2.78. The summed E-state index contributed by atoms with van der Waals surface area (Å²) in [4.78, 5) is 24.6. The van der Waals surface area contributed by atoms with Gasteiger partial charge in [0.2, 0.25) is 0 Å². The summed E-state index contributed by atoms with van der Waals surface area (Å²) in [6, 6.07) is 17.9. The van der Waals surface area contributed by atoms with Crippen LogP contribution in [-0.4, -0.2) is 18.4 Å². The van der Waals surface area contributed by atoms with Crippen LogP contribution in [0.3, 0.4) is 0 Å². The van der Waals surface area contributed by atoms with Crippen LogP contribution in [0.5, 0.6) is 5.75 Å². The normalized spacial score (nSPS) is 11.2. The van der Waals surface area contributed by atoms with Gasteiger partial charge >= 0.3 is 6.18 Å². The van der Waals surface area contributed by atoms with Gasteiger partial charge in [0.25, 0.3) is 11.8 Å². The Balaban J connectivity index is 1.56. The topological polar surface area (TPSA) is 67.4 Å². The molecule has 0 saturated heterocycles. The van der Waals surface area contributed by atoms with E-state index in [4.69, 9.17) is 4.74 Å². The van der Waals surface area contributed by atoms with Gasteiger partial charge in [-0.3, -0.25) is 9.59 Å². The average molecular weight is 456 g/mol. The molecular formula is C25H23F3N2O3. The van der Waals surface area contributed by atoms with Gasteiger partial charge in [0.1, 0.15) is 5.75 Å². The highest BCUT2D eigenvalue weighted by Gasteiger charge is 2.30. The van der Waals surface area contributed by atoms with Crippen molar-refractivity contribution in [2.24, 2.45) is 0 Å². The molecule has 0 aromatic heterocycles. The number of hydrogen-bond acceptors (Lipinski definition) is 3. The van der Waals surface area contributed by atoms with E-state index in [2.05, 4.69) is 10.6 Å². The van der Waals surface area contributed by atoms with Crippen molar-refractivity contribution in [3.05, 3.63) is 89.5 Å². The quantitative estimate of drug-likeness (QED) is 0.452. The van der Waals surface area contributed by atoms with Crippen LogP contribution in [0.4, 0.5) is 24.5 Å². The van der Waals surface area contributed by atoms with Crippen molar-refractivity contribution in [1.82, 2.24) is 0 Å². The zero-order chi connectivity index (χ0) is 24.0. The smallest absolute Gasteiger partial charge is 0.416 e. The molecule has 0 atom stereocenters. The van der Waals surface area contributed by atoms with E-state index < -0.39 is 17.6 Å². The molecule has 0 aliphatic heterocycles. The standard InChI is InChI=1S/C25H23F3N2O3/c1-16(2)21-8-3-4-9-22(21)30-23(31)15-33-20-12-10-17(11-13-20)24(32)29-19-7-5-6-18(14-19)25(26,27)28/h3-14,16H,15H2,1-2H3,(H,29,32)(H,30,31). The molecule has 0 unspecified atom stereocenters. The van der Waals surface area contributed by atoms with E-state index in [1.54, 1.807) is 0 Å². The molecule has 2 amide bonds. The lowest BCUT2D eigenvalue weighted by Crippen LogP contribution is -2.21. The Morgan fingerprint density at radius 1 is 0.909 bits per heavy atom. The lowest BCUT2D eigenvalue weighted by molar-refractivity contribution is -0.137. The largest absolute Gasteiger partial charge is 0.484 e.